The minimum Gasteiger partial charge on any atom is -1.00 e. The predicted molar refractivity (Wildman–Crippen MR) is 257 cm³/mol. The molecule has 0 aromatic carbocycles. The molecule has 0 aliphatic heterocycles. The average molecular weight is 1110 g/mol. The topological polar surface area (TPSA) is 351 Å². The summed E-state index contributed by atoms with van der Waals surface area (Å²) in [5, 5.41) is 70.6. The smallest absolute Gasteiger partial charge is 1.00 e. The van der Waals surface area contributed by atoms with Crippen LogP contribution < -0.4 is 57.9 Å². The molecule has 0 unspecified atom stereocenters. The van der Waals surface area contributed by atoms with Crippen molar-refractivity contribution >= 4 is 39.2 Å². The van der Waals surface area contributed by atoms with Crippen molar-refractivity contribution in [1.82, 2.24) is 16.0 Å². The molecular formula is C41H90ClN4NaO18S3Si. The second-order valence-electron chi connectivity index (χ2n) is 18.7. The summed E-state index contributed by atoms with van der Waals surface area (Å²) in [6, 6.07) is -0.0641. The zero-order chi connectivity index (χ0) is 51.0. The van der Waals surface area contributed by atoms with Crippen molar-refractivity contribution in [2.24, 2.45) is 0 Å². The summed E-state index contributed by atoms with van der Waals surface area (Å²) < 4.78 is 118. The molecule has 0 rings (SSSR count). The van der Waals surface area contributed by atoms with Gasteiger partial charge < -0.3 is 81.3 Å². The average Bonchev–Trinajstić information content (AvgIpc) is 3.26. The van der Waals surface area contributed by atoms with Crippen LogP contribution in [0.1, 0.15) is 116 Å². The SMILES string of the molecule is CCCCCCCCCCCCCCCCCC[N+](C)(C)CCC[Si](OCC(CO)(CO)NCCS(=O)(=O)[O-])(OCC(CO)(CO)NCCS(=O)(=O)O)OCC(CO)(CO)NCCS(=O)(=O)O.[Cl-].[Na+]. The normalized spacial score (nSPS) is 13.4. The van der Waals surface area contributed by atoms with Gasteiger partial charge in [0, 0.05) is 32.1 Å². The Morgan fingerprint density at radius 2 is 0.768 bits per heavy atom. The predicted octanol–water partition coefficient (Wildman–Crippen LogP) is -6.03. The van der Waals surface area contributed by atoms with Gasteiger partial charge >= 0.3 is 38.4 Å². The van der Waals surface area contributed by atoms with Crippen LogP contribution in [-0.2, 0) is 43.6 Å². The molecule has 0 spiro atoms. The van der Waals surface area contributed by atoms with Gasteiger partial charge in [-0.05, 0) is 12.8 Å². The van der Waals surface area contributed by atoms with Gasteiger partial charge in [-0.2, -0.15) is 16.8 Å². The van der Waals surface area contributed by atoms with Crippen LogP contribution in [0.2, 0.25) is 6.04 Å². The first-order chi connectivity index (χ1) is 31.4. The Kier molecular flexibility index (Phi) is 42.0. The van der Waals surface area contributed by atoms with E-state index >= 15 is 0 Å². The van der Waals surface area contributed by atoms with E-state index < -0.39 is 152 Å². The van der Waals surface area contributed by atoms with Crippen LogP contribution in [0.3, 0.4) is 0 Å². The second-order valence-corrected chi connectivity index (χ2v) is 26.1. The van der Waals surface area contributed by atoms with Crippen molar-refractivity contribution in [3.63, 3.8) is 0 Å². The number of quaternary nitrogens is 1. The first-order valence-corrected chi connectivity index (χ1v) is 30.6. The molecule has 0 atom stereocenters. The molecule has 0 aromatic heterocycles. The number of unbranched alkanes of at least 4 members (excludes halogenated alkanes) is 15. The van der Waals surface area contributed by atoms with Crippen molar-refractivity contribution in [3.8, 4) is 0 Å². The monoisotopic (exact) mass is 1110 g/mol. The van der Waals surface area contributed by atoms with Crippen LogP contribution >= 0.6 is 0 Å². The summed E-state index contributed by atoms with van der Waals surface area (Å²) in [5.74, 6) is -2.52. The van der Waals surface area contributed by atoms with E-state index in [1.807, 2.05) is 14.1 Å². The molecular weight excluding hydrogens is 1020 g/mol. The van der Waals surface area contributed by atoms with Gasteiger partial charge in [0.05, 0.1) is 131 Å². The van der Waals surface area contributed by atoms with E-state index in [4.69, 9.17) is 13.3 Å². The molecule has 69 heavy (non-hydrogen) atoms. The van der Waals surface area contributed by atoms with E-state index in [9.17, 15) is 69.6 Å². The minimum atomic E-state index is -4.72. The maximum Gasteiger partial charge on any atom is 1.00 e. The summed E-state index contributed by atoms with van der Waals surface area (Å²) in [4.78, 5) is 0. The molecule has 22 nitrogen and oxygen atoms in total. The summed E-state index contributed by atoms with van der Waals surface area (Å²) in [6.07, 6.45) is 20.2. The third-order valence-electron chi connectivity index (χ3n) is 12.0. The summed E-state index contributed by atoms with van der Waals surface area (Å²) in [7, 11) is -14.0. The van der Waals surface area contributed by atoms with Crippen LogP contribution in [0.4, 0.5) is 0 Å². The number of aliphatic hydroxyl groups is 6. The van der Waals surface area contributed by atoms with Crippen molar-refractivity contribution in [2.75, 3.05) is 124 Å². The molecule has 0 bridgehead atoms. The molecule has 0 aliphatic carbocycles. The summed E-state index contributed by atoms with van der Waals surface area (Å²) in [5.41, 5.74) is -5.39. The maximum atomic E-state index is 11.5. The molecule has 0 radical (unpaired) electrons. The van der Waals surface area contributed by atoms with Gasteiger partial charge in [-0.25, -0.2) is 8.42 Å². The Labute approximate surface area is 443 Å². The van der Waals surface area contributed by atoms with Gasteiger partial charge in [-0.1, -0.05) is 96.8 Å². The number of nitrogens with one attached hydrogen (secondary N) is 3. The van der Waals surface area contributed by atoms with E-state index in [-0.39, 0.29) is 48.0 Å². The summed E-state index contributed by atoms with van der Waals surface area (Å²) >= 11 is 0. The zero-order valence-electron chi connectivity index (χ0n) is 42.0. The van der Waals surface area contributed by atoms with Gasteiger partial charge in [0.15, 0.2) is 0 Å². The van der Waals surface area contributed by atoms with Gasteiger partial charge in [-0.15, -0.1) is 0 Å². The van der Waals surface area contributed by atoms with Crippen LogP contribution in [0.15, 0.2) is 0 Å². The van der Waals surface area contributed by atoms with Gasteiger partial charge in [0.2, 0.25) is 0 Å². The fourth-order valence-electron chi connectivity index (χ4n) is 7.25. The van der Waals surface area contributed by atoms with Crippen LogP contribution in [0, 0.1) is 0 Å². The molecule has 0 heterocycles. The third kappa shape index (κ3) is 37.2. The maximum absolute atomic E-state index is 11.5. The number of nitrogens with zero attached hydrogens (tertiary/aromatic N) is 1. The van der Waals surface area contributed by atoms with Crippen molar-refractivity contribution in [2.45, 2.75) is 139 Å². The molecule has 11 N–H and O–H groups in total. The fourth-order valence-corrected chi connectivity index (χ4v) is 11.1. The molecule has 0 aliphatic rings. The standard InChI is InChI=1S/C41H90N4O18S3Si.ClH.Na/c1-4-5-6-7-8-9-10-11-12-13-14-15-16-17-18-19-24-45(2,3)25-20-29-67(61-36-39(30-46,31-47)42-21-26-64(52,53)54,62-37-40(32-48,33-49)43-22-27-65(55,56)57)63-38-41(34-50,35-51)44-23-28-66(58,59)60;;/h42-44,46-51H,4-38H2,1-3H3,(H2-,52,53,54,55,56,57,58,59,60);1H;/q;;+1/p-1. The Morgan fingerprint density at radius 1 is 0.493 bits per heavy atom. The fraction of sp³-hybridized carbons (Fsp3) is 1.00. The first kappa shape index (κ1) is 74.0. The zero-order valence-corrected chi connectivity index (χ0v) is 48.2. The third-order valence-corrected chi connectivity index (χ3v) is 16.8. The van der Waals surface area contributed by atoms with E-state index in [1.54, 1.807) is 0 Å². The van der Waals surface area contributed by atoms with E-state index in [2.05, 4.69) is 22.9 Å². The number of hydrogen-bond donors (Lipinski definition) is 11. The van der Waals surface area contributed by atoms with Crippen LogP contribution in [0.25, 0.3) is 0 Å². The number of halogens is 1. The molecule has 0 aromatic rings. The molecule has 0 fully saturated rings. The molecule has 0 saturated carbocycles. The Morgan fingerprint density at radius 3 is 1.04 bits per heavy atom. The van der Waals surface area contributed by atoms with E-state index in [0.717, 1.165) is 32.2 Å². The van der Waals surface area contributed by atoms with Crippen molar-refractivity contribution in [1.29, 1.82) is 0 Å². The minimum absolute atomic E-state index is 0. The Bertz CT molecular complexity index is 1460. The number of rotatable bonds is 48. The van der Waals surface area contributed by atoms with Gasteiger partial charge in [0.25, 0.3) is 20.2 Å². The van der Waals surface area contributed by atoms with Crippen molar-refractivity contribution < 1.29 is 129 Å². The van der Waals surface area contributed by atoms with E-state index in [0.29, 0.717) is 17.4 Å². The Balaban J connectivity index is -0.0000218. The molecule has 28 heteroatoms. The van der Waals surface area contributed by atoms with Crippen LogP contribution in [-0.4, -0.2) is 223 Å². The van der Waals surface area contributed by atoms with Crippen molar-refractivity contribution in [3.05, 3.63) is 0 Å². The first-order valence-electron chi connectivity index (χ1n) is 23.9. The number of aliphatic hydroxyl groups excluding tert-OH is 6. The molecule has 0 amide bonds. The number of hydrogen-bond acceptors (Lipinski definition) is 19. The Hall–Kier alpha value is 0.717. The van der Waals surface area contributed by atoms with Crippen LogP contribution in [0.5, 0.6) is 0 Å². The molecule has 0 saturated heterocycles. The summed E-state index contributed by atoms with van der Waals surface area (Å²) in [6.45, 7) is -4.93. The van der Waals surface area contributed by atoms with Gasteiger partial charge in [0.1, 0.15) is 0 Å². The largest absolute Gasteiger partial charge is 1.00 e. The van der Waals surface area contributed by atoms with E-state index in [1.165, 1.54) is 77.0 Å². The molecule has 412 valence electrons. The quantitative estimate of drug-likeness (QED) is 0.0117. The second kappa shape index (κ2) is 39.1. The van der Waals surface area contributed by atoms with Gasteiger partial charge in [-0.3, -0.25) is 9.11 Å².